The Hall–Kier alpha value is -1.84. The topological polar surface area (TPSA) is 69.7 Å². The standard InChI is InChI=1S/C18H24O5S/c1-6-17(9-7-8-10-22-16(5)19)23-24(20,21)18-14(3)11-13(2)12-15(18)4/h1,11-12,17H,7-10H2,2-5H3. The highest BCUT2D eigenvalue weighted by Crippen LogP contribution is 2.25. The van der Waals surface area contributed by atoms with Crippen LogP contribution in [-0.2, 0) is 23.8 Å². The van der Waals surface area contributed by atoms with Crippen LogP contribution in [0.25, 0.3) is 0 Å². The van der Waals surface area contributed by atoms with Crippen LogP contribution in [0.15, 0.2) is 17.0 Å². The molecule has 0 saturated heterocycles. The van der Waals surface area contributed by atoms with Gasteiger partial charge in [0.15, 0.2) is 0 Å². The Morgan fingerprint density at radius 2 is 1.79 bits per heavy atom. The van der Waals surface area contributed by atoms with E-state index in [1.54, 1.807) is 26.0 Å². The van der Waals surface area contributed by atoms with Crippen LogP contribution in [0.1, 0.15) is 42.9 Å². The van der Waals surface area contributed by atoms with Crippen molar-refractivity contribution in [3.05, 3.63) is 28.8 Å². The summed E-state index contributed by atoms with van der Waals surface area (Å²) in [5.74, 6) is 2.03. The van der Waals surface area contributed by atoms with E-state index < -0.39 is 16.2 Å². The van der Waals surface area contributed by atoms with Gasteiger partial charge in [0.2, 0.25) is 0 Å². The molecule has 132 valence electrons. The largest absolute Gasteiger partial charge is 0.466 e. The number of hydrogen-bond donors (Lipinski definition) is 0. The highest BCUT2D eigenvalue weighted by atomic mass is 32.2. The van der Waals surface area contributed by atoms with Crippen LogP contribution in [0.4, 0.5) is 0 Å². The molecule has 1 unspecified atom stereocenters. The number of aryl methyl sites for hydroxylation is 3. The van der Waals surface area contributed by atoms with E-state index in [4.69, 9.17) is 15.3 Å². The number of ether oxygens (including phenoxy) is 1. The molecule has 0 spiro atoms. The molecule has 0 aromatic heterocycles. The minimum absolute atomic E-state index is 0.174. The average Bonchev–Trinajstić information content (AvgIpc) is 2.43. The molecule has 0 aliphatic rings. The average molecular weight is 352 g/mol. The van der Waals surface area contributed by atoms with Gasteiger partial charge in [-0.2, -0.15) is 8.42 Å². The van der Waals surface area contributed by atoms with Gasteiger partial charge in [-0.15, -0.1) is 6.42 Å². The van der Waals surface area contributed by atoms with E-state index in [1.807, 2.05) is 6.92 Å². The molecule has 1 rings (SSSR count). The number of esters is 1. The van der Waals surface area contributed by atoms with Gasteiger partial charge in [0.1, 0.15) is 6.10 Å². The zero-order valence-electron chi connectivity index (χ0n) is 14.6. The number of carbonyl (C=O) groups is 1. The predicted octanol–water partition coefficient (Wildman–Crippen LogP) is 3.05. The first-order chi connectivity index (χ1) is 11.2. The lowest BCUT2D eigenvalue weighted by Gasteiger charge is -2.16. The van der Waals surface area contributed by atoms with E-state index in [0.29, 0.717) is 30.4 Å². The summed E-state index contributed by atoms with van der Waals surface area (Å²) in [7, 11) is -3.93. The fourth-order valence-corrected chi connectivity index (χ4v) is 4.03. The molecular weight excluding hydrogens is 328 g/mol. The van der Waals surface area contributed by atoms with Gasteiger partial charge in [0.25, 0.3) is 10.1 Å². The lowest BCUT2D eigenvalue weighted by molar-refractivity contribution is -0.141. The molecule has 0 heterocycles. The maximum atomic E-state index is 12.5. The van der Waals surface area contributed by atoms with Crippen LogP contribution in [0.2, 0.25) is 0 Å². The van der Waals surface area contributed by atoms with E-state index in [-0.39, 0.29) is 17.5 Å². The first-order valence-electron chi connectivity index (χ1n) is 7.78. The van der Waals surface area contributed by atoms with Gasteiger partial charge in [0, 0.05) is 6.92 Å². The summed E-state index contributed by atoms with van der Waals surface area (Å²) in [6.07, 6.45) is 6.13. The van der Waals surface area contributed by atoms with Crippen LogP contribution in [0.5, 0.6) is 0 Å². The molecule has 0 aliphatic heterocycles. The quantitative estimate of drug-likeness (QED) is 0.311. The van der Waals surface area contributed by atoms with Gasteiger partial charge in [0.05, 0.1) is 11.5 Å². The maximum Gasteiger partial charge on any atom is 0.302 e. The van der Waals surface area contributed by atoms with E-state index in [0.717, 1.165) is 5.56 Å². The van der Waals surface area contributed by atoms with Gasteiger partial charge in [-0.25, -0.2) is 4.18 Å². The fourth-order valence-electron chi connectivity index (χ4n) is 2.57. The Kier molecular flexibility index (Phi) is 7.46. The number of benzene rings is 1. The lowest BCUT2D eigenvalue weighted by atomic mass is 10.1. The highest BCUT2D eigenvalue weighted by molar-refractivity contribution is 7.86. The van der Waals surface area contributed by atoms with E-state index >= 15 is 0 Å². The number of terminal acetylenes is 1. The van der Waals surface area contributed by atoms with E-state index in [1.165, 1.54) is 6.92 Å². The van der Waals surface area contributed by atoms with Crippen LogP contribution in [0.3, 0.4) is 0 Å². The Labute approximate surface area is 144 Å². The molecule has 6 heteroatoms. The summed E-state index contributed by atoms with van der Waals surface area (Å²) in [6.45, 7) is 7.01. The van der Waals surface area contributed by atoms with Gasteiger partial charge in [-0.05, 0) is 51.2 Å². The third-order valence-electron chi connectivity index (χ3n) is 3.45. The summed E-state index contributed by atoms with van der Waals surface area (Å²) in [5, 5.41) is 0. The lowest BCUT2D eigenvalue weighted by Crippen LogP contribution is -2.19. The normalized spacial score (nSPS) is 12.5. The Morgan fingerprint density at radius 3 is 2.29 bits per heavy atom. The SMILES string of the molecule is C#CC(CCCCOC(C)=O)OS(=O)(=O)c1c(C)cc(C)cc1C. The monoisotopic (exact) mass is 352 g/mol. The van der Waals surface area contributed by atoms with Crippen molar-refractivity contribution in [3.63, 3.8) is 0 Å². The molecule has 1 aromatic carbocycles. The molecule has 5 nitrogen and oxygen atoms in total. The van der Waals surface area contributed by atoms with Crippen LogP contribution in [0, 0.1) is 33.1 Å². The van der Waals surface area contributed by atoms with Crippen molar-refractivity contribution in [2.75, 3.05) is 6.61 Å². The molecule has 0 bridgehead atoms. The first-order valence-corrected chi connectivity index (χ1v) is 9.19. The van der Waals surface area contributed by atoms with Gasteiger partial charge in [-0.3, -0.25) is 4.79 Å². The molecule has 0 fully saturated rings. The van der Waals surface area contributed by atoms with Crippen molar-refractivity contribution in [2.24, 2.45) is 0 Å². The number of carbonyl (C=O) groups excluding carboxylic acids is 1. The second kappa shape index (κ2) is 8.86. The highest BCUT2D eigenvalue weighted by Gasteiger charge is 2.24. The van der Waals surface area contributed by atoms with Crippen molar-refractivity contribution >= 4 is 16.1 Å². The molecule has 0 amide bonds. The Balaban J connectivity index is 2.74. The Bertz CT molecular complexity index is 705. The molecule has 0 aliphatic carbocycles. The van der Waals surface area contributed by atoms with Crippen molar-refractivity contribution in [1.29, 1.82) is 0 Å². The van der Waals surface area contributed by atoms with Crippen molar-refractivity contribution in [1.82, 2.24) is 0 Å². The molecule has 0 radical (unpaired) electrons. The maximum absolute atomic E-state index is 12.5. The molecular formula is C18H24O5S. The minimum atomic E-state index is -3.93. The first kappa shape index (κ1) is 20.2. The van der Waals surface area contributed by atoms with Gasteiger partial charge in [-0.1, -0.05) is 23.6 Å². The minimum Gasteiger partial charge on any atom is -0.466 e. The molecule has 1 aromatic rings. The van der Waals surface area contributed by atoms with E-state index in [2.05, 4.69) is 5.92 Å². The second-order valence-corrected chi connectivity index (χ2v) is 7.28. The summed E-state index contributed by atoms with van der Waals surface area (Å²) in [6, 6.07) is 3.60. The van der Waals surface area contributed by atoms with Crippen molar-refractivity contribution in [3.8, 4) is 12.3 Å². The number of unbranched alkanes of at least 4 members (excludes halogenated alkanes) is 1. The molecule has 24 heavy (non-hydrogen) atoms. The van der Waals surface area contributed by atoms with Gasteiger partial charge < -0.3 is 4.74 Å². The van der Waals surface area contributed by atoms with Crippen LogP contribution >= 0.6 is 0 Å². The van der Waals surface area contributed by atoms with Crippen LogP contribution < -0.4 is 0 Å². The molecule has 0 saturated carbocycles. The third-order valence-corrected chi connectivity index (χ3v) is 5.08. The molecule has 1 atom stereocenters. The van der Waals surface area contributed by atoms with Crippen LogP contribution in [-0.4, -0.2) is 27.1 Å². The summed E-state index contributed by atoms with van der Waals surface area (Å²) in [4.78, 5) is 10.8. The van der Waals surface area contributed by atoms with Crippen molar-refractivity contribution in [2.45, 2.75) is 58.0 Å². The zero-order valence-corrected chi connectivity index (χ0v) is 15.4. The molecule has 0 N–H and O–H groups in total. The smallest absolute Gasteiger partial charge is 0.302 e. The Morgan fingerprint density at radius 1 is 1.21 bits per heavy atom. The van der Waals surface area contributed by atoms with Crippen molar-refractivity contribution < 1.29 is 22.1 Å². The third kappa shape index (κ3) is 5.99. The summed E-state index contributed by atoms with van der Waals surface area (Å²) in [5.41, 5.74) is 2.26. The fraction of sp³-hybridized carbons (Fsp3) is 0.500. The summed E-state index contributed by atoms with van der Waals surface area (Å²) >= 11 is 0. The van der Waals surface area contributed by atoms with E-state index in [9.17, 15) is 13.2 Å². The zero-order chi connectivity index (χ0) is 18.3. The number of hydrogen-bond acceptors (Lipinski definition) is 5. The number of rotatable bonds is 8. The predicted molar refractivity (Wildman–Crippen MR) is 92.0 cm³/mol. The van der Waals surface area contributed by atoms with Gasteiger partial charge >= 0.3 is 5.97 Å². The summed E-state index contributed by atoms with van der Waals surface area (Å²) < 4.78 is 35.1. The second-order valence-electron chi connectivity index (χ2n) is 5.77.